The molecule has 0 fully saturated rings. The minimum Gasteiger partial charge on any atom is -0.338 e. The number of hydrogen-bond acceptors (Lipinski definition) is 6. The van der Waals surface area contributed by atoms with Crippen LogP contribution in [0.5, 0.6) is 0 Å². The molecule has 1 unspecified atom stereocenters. The molecule has 0 saturated heterocycles. The molecule has 3 N–H and O–H groups in total. The van der Waals surface area contributed by atoms with Gasteiger partial charge in [-0.05, 0) is 67.1 Å². The molecule has 0 spiro atoms. The fraction of sp³-hybridized carbons (Fsp3) is 0.346. The van der Waals surface area contributed by atoms with Crippen LogP contribution in [-0.2, 0) is 13.5 Å². The molecule has 2 aromatic carbocycles. The standard InChI is InChI=1S/C26H31N7/c1-15(2)22-20-13-19(10-9-18(20)11-12-27-22)29-26-28-14-21-24(32-33(5)25(21)31-26)30-23-16(3)7-6-8-17(23)4/h6-10,13-15,22,27H,11-12H2,1-5H3,(H,30,32)(H,28,29,31). The first-order chi connectivity index (χ1) is 15.9. The third-order valence-corrected chi connectivity index (χ3v) is 6.47. The van der Waals surface area contributed by atoms with Crippen LogP contribution in [-0.4, -0.2) is 26.3 Å². The number of hydrogen-bond donors (Lipinski definition) is 3. The van der Waals surface area contributed by atoms with Gasteiger partial charge in [0.2, 0.25) is 5.95 Å². The lowest BCUT2D eigenvalue weighted by Gasteiger charge is -2.30. The first-order valence-corrected chi connectivity index (χ1v) is 11.6. The molecule has 0 aliphatic carbocycles. The number of nitrogens with one attached hydrogen (secondary N) is 3. The van der Waals surface area contributed by atoms with Crippen molar-refractivity contribution in [3.8, 4) is 0 Å². The highest BCUT2D eigenvalue weighted by Gasteiger charge is 2.23. The molecule has 170 valence electrons. The second-order valence-electron chi connectivity index (χ2n) is 9.26. The SMILES string of the molecule is Cc1cccc(C)c1Nc1nn(C)c2nc(Nc3ccc4c(c3)C(C(C)C)NCC4)ncc12. The summed E-state index contributed by atoms with van der Waals surface area (Å²) in [5, 5.41) is 16.1. The zero-order chi connectivity index (χ0) is 23.1. The van der Waals surface area contributed by atoms with Gasteiger partial charge < -0.3 is 16.0 Å². The Labute approximate surface area is 194 Å². The molecule has 5 rings (SSSR count). The van der Waals surface area contributed by atoms with Crippen LogP contribution in [0.2, 0.25) is 0 Å². The molecular weight excluding hydrogens is 410 g/mol. The van der Waals surface area contributed by atoms with Gasteiger partial charge in [-0.15, -0.1) is 0 Å². The summed E-state index contributed by atoms with van der Waals surface area (Å²) in [6.07, 6.45) is 2.90. The minimum atomic E-state index is 0.370. The van der Waals surface area contributed by atoms with Crippen molar-refractivity contribution in [3.05, 3.63) is 64.8 Å². The van der Waals surface area contributed by atoms with E-state index in [1.807, 2.05) is 13.2 Å². The van der Waals surface area contributed by atoms with Crippen molar-refractivity contribution in [2.45, 2.75) is 40.2 Å². The van der Waals surface area contributed by atoms with Crippen LogP contribution in [0.3, 0.4) is 0 Å². The van der Waals surface area contributed by atoms with Crippen molar-refractivity contribution < 1.29 is 0 Å². The third-order valence-electron chi connectivity index (χ3n) is 6.47. The number of benzene rings is 2. The van der Waals surface area contributed by atoms with Crippen LogP contribution in [0, 0.1) is 19.8 Å². The van der Waals surface area contributed by atoms with Crippen molar-refractivity contribution in [2.24, 2.45) is 13.0 Å². The molecule has 1 aliphatic heterocycles. The van der Waals surface area contributed by atoms with Crippen LogP contribution in [0.4, 0.5) is 23.1 Å². The lowest BCUT2D eigenvalue weighted by Crippen LogP contribution is -2.33. The lowest BCUT2D eigenvalue weighted by atomic mass is 9.87. The number of anilines is 4. The normalized spacial score (nSPS) is 15.6. The van der Waals surface area contributed by atoms with Crippen molar-refractivity contribution in [1.82, 2.24) is 25.1 Å². The molecule has 0 amide bonds. The summed E-state index contributed by atoms with van der Waals surface area (Å²) in [6, 6.07) is 13.2. The van der Waals surface area contributed by atoms with Crippen molar-refractivity contribution >= 4 is 34.2 Å². The molecular formula is C26H31N7. The Kier molecular flexibility index (Phi) is 5.50. The van der Waals surface area contributed by atoms with Crippen LogP contribution < -0.4 is 16.0 Å². The summed E-state index contributed by atoms with van der Waals surface area (Å²) in [7, 11) is 1.91. The van der Waals surface area contributed by atoms with E-state index in [-0.39, 0.29) is 0 Å². The molecule has 1 atom stereocenters. The molecule has 0 radical (unpaired) electrons. The molecule has 3 heterocycles. The number of rotatable bonds is 5. The van der Waals surface area contributed by atoms with Gasteiger partial charge in [-0.3, -0.25) is 0 Å². The highest BCUT2D eigenvalue weighted by atomic mass is 15.3. The first kappa shape index (κ1) is 21.4. The summed E-state index contributed by atoms with van der Waals surface area (Å²) < 4.78 is 1.80. The van der Waals surface area contributed by atoms with Gasteiger partial charge in [0.25, 0.3) is 0 Å². The maximum Gasteiger partial charge on any atom is 0.229 e. The second-order valence-corrected chi connectivity index (χ2v) is 9.26. The number of aryl methyl sites for hydroxylation is 3. The maximum atomic E-state index is 4.77. The Hall–Kier alpha value is -3.45. The fourth-order valence-corrected chi connectivity index (χ4v) is 4.71. The molecule has 4 aromatic rings. The van der Waals surface area contributed by atoms with Gasteiger partial charge >= 0.3 is 0 Å². The average molecular weight is 442 g/mol. The van der Waals surface area contributed by atoms with E-state index in [4.69, 9.17) is 4.98 Å². The Morgan fingerprint density at radius 3 is 2.64 bits per heavy atom. The van der Waals surface area contributed by atoms with E-state index >= 15 is 0 Å². The zero-order valence-electron chi connectivity index (χ0n) is 19.9. The van der Waals surface area contributed by atoms with Crippen molar-refractivity contribution in [1.29, 1.82) is 0 Å². The largest absolute Gasteiger partial charge is 0.338 e. The summed E-state index contributed by atoms with van der Waals surface area (Å²) in [5.74, 6) is 1.86. The molecule has 7 nitrogen and oxygen atoms in total. The predicted octanol–water partition coefficient (Wildman–Crippen LogP) is 5.31. The third kappa shape index (κ3) is 4.04. The van der Waals surface area contributed by atoms with Gasteiger partial charge in [-0.2, -0.15) is 10.1 Å². The van der Waals surface area contributed by atoms with Crippen LogP contribution in [0.25, 0.3) is 11.0 Å². The van der Waals surface area contributed by atoms with Crippen LogP contribution in [0.15, 0.2) is 42.6 Å². The molecule has 2 aromatic heterocycles. The van der Waals surface area contributed by atoms with E-state index in [1.165, 1.54) is 22.3 Å². The monoisotopic (exact) mass is 441 g/mol. The van der Waals surface area contributed by atoms with Gasteiger partial charge in [0.1, 0.15) is 0 Å². The number of para-hydroxylation sites is 1. The van der Waals surface area contributed by atoms with E-state index in [0.717, 1.165) is 41.2 Å². The van der Waals surface area contributed by atoms with Gasteiger partial charge in [0, 0.05) is 30.7 Å². The van der Waals surface area contributed by atoms with Gasteiger partial charge in [-0.1, -0.05) is 38.1 Å². The summed E-state index contributed by atoms with van der Waals surface area (Å²) >= 11 is 0. The summed E-state index contributed by atoms with van der Waals surface area (Å²) in [6.45, 7) is 9.74. The lowest BCUT2D eigenvalue weighted by molar-refractivity contribution is 0.395. The first-order valence-electron chi connectivity index (χ1n) is 11.6. The fourth-order valence-electron chi connectivity index (χ4n) is 4.71. The smallest absolute Gasteiger partial charge is 0.229 e. The molecule has 0 bridgehead atoms. The Balaban J connectivity index is 1.44. The highest BCUT2D eigenvalue weighted by Crippen LogP contribution is 2.32. The summed E-state index contributed by atoms with van der Waals surface area (Å²) in [5.41, 5.74) is 7.98. The van der Waals surface area contributed by atoms with Crippen molar-refractivity contribution in [2.75, 3.05) is 17.2 Å². The molecule has 0 saturated carbocycles. The highest BCUT2D eigenvalue weighted by molar-refractivity contribution is 5.90. The molecule has 7 heteroatoms. The Bertz CT molecular complexity index is 1300. The minimum absolute atomic E-state index is 0.370. The van der Waals surface area contributed by atoms with E-state index < -0.39 is 0 Å². The number of aromatic nitrogens is 4. The van der Waals surface area contributed by atoms with E-state index in [2.05, 4.69) is 90.1 Å². The maximum absolute atomic E-state index is 4.77. The Morgan fingerprint density at radius 2 is 1.88 bits per heavy atom. The molecule has 33 heavy (non-hydrogen) atoms. The Morgan fingerprint density at radius 1 is 1.09 bits per heavy atom. The van der Waals surface area contributed by atoms with E-state index in [1.54, 1.807) is 4.68 Å². The van der Waals surface area contributed by atoms with E-state index in [0.29, 0.717) is 17.9 Å². The van der Waals surface area contributed by atoms with Gasteiger partial charge in [0.15, 0.2) is 11.5 Å². The number of nitrogens with zero attached hydrogens (tertiary/aromatic N) is 4. The second kappa shape index (κ2) is 8.48. The molecule has 1 aliphatic rings. The quantitative estimate of drug-likeness (QED) is 0.389. The number of fused-ring (bicyclic) bond motifs is 2. The topological polar surface area (TPSA) is 79.7 Å². The van der Waals surface area contributed by atoms with Crippen molar-refractivity contribution in [3.63, 3.8) is 0 Å². The zero-order valence-corrected chi connectivity index (χ0v) is 19.9. The summed E-state index contributed by atoms with van der Waals surface area (Å²) in [4.78, 5) is 9.36. The van der Waals surface area contributed by atoms with Gasteiger partial charge in [-0.25, -0.2) is 9.67 Å². The van der Waals surface area contributed by atoms with Crippen LogP contribution >= 0.6 is 0 Å². The van der Waals surface area contributed by atoms with Gasteiger partial charge in [0.05, 0.1) is 5.39 Å². The predicted molar refractivity (Wildman–Crippen MR) is 135 cm³/mol. The van der Waals surface area contributed by atoms with E-state index in [9.17, 15) is 0 Å². The van der Waals surface area contributed by atoms with Crippen LogP contribution in [0.1, 0.15) is 42.1 Å². The average Bonchev–Trinajstić information content (AvgIpc) is 3.10.